The average molecular weight is 167 g/mol. The predicted octanol–water partition coefficient (Wildman–Crippen LogP) is -0.399. The molecule has 0 aliphatic carbocycles. The van der Waals surface area contributed by atoms with Crippen LogP contribution in [0.5, 0.6) is 6.01 Å². The molecule has 0 amide bonds. The van der Waals surface area contributed by atoms with Crippen LogP contribution in [-0.4, -0.2) is 21.6 Å². The molecule has 64 valence electrons. The Bertz CT molecular complexity index is 267. The Morgan fingerprint density at radius 3 is 2.33 bits per heavy atom. The summed E-state index contributed by atoms with van der Waals surface area (Å²) in [6.45, 7) is 3.77. The second kappa shape index (κ2) is 3.51. The first-order valence-electron chi connectivity index (χ1n) is 3.23. The van der Waals surface area contributed by atoms with Crippen molar-refractivity contribution in [1.29, 1.82) is 0 Å². The molecule has 1 rings (SSSR count). The third-order valence-corrected chi connectivity index (χ3v) is 0.980. The van der Waals surface area contributed by atoms with Crippen LogP contribution in [0.2, 0.25) is 0 Å². The fraction of sp³-hybridized carbons (Fsp3) is 0.167. The van der Waals surface area contributed by atoms with E-state index >= 15 is 0 Å². The summed E-state index contributed by atoms with van der Waals surface area (Å²) >= 11 is 0. The SMILES string of the molecule is C=CCOc1nc(N)nc(N)n1. The van der Waals surface area contributed by atoms with Crippen LogP contribution in [0.3, 0.4) is 0 Å². The minimum absolute atomic E-state index is 0.0431. The van der Waals surface area contributed by atoms with Gasteiger partial charge in [-0.3, -0.25) is 0 Å². The van der Waals surface area contributed by atoms with Gasteiger partial charge in [-0.15, -0.1) is 0 Å². The van der Waals surface area contributed by atoms with Crippen LogP contribution in [0.1, 0.15) is 0 Å². The van der Waals surface area contributed by atoms with E-state index < -0.39 is 0 Å². The van der Waals surface area contributed by atoms with E-state index in [0.717, 1.165) is 0 Å². The van der Waals surface area contributed by atoms with Crippen LogP contribution in [0, 0.1) is 0 Å². The number of nitrogens with two attached hydrogens (primary N) is 2. The molecule has 0 atom stereocenters. The minimum Gasteiger partial charge on any atom is -0.459 e. The lowest BCUT2D eigenvalue weighted by atomic mass is 10.7. The van der Waals surface area contributed by atoms with E-state index in [9.17, 15) is 0 Å². The number of aromatic nitrogens is 3. The highest BCUT2D eigenvalue weighted by atomic mass is 16.5. The van der Waals surface area contributed by atoms with E-state index in [0.29, 0.717) is 6.61 Å². The number of rotatable bonds is 3. The van der Waals surface area contributed by atoms with Crippen molar-refractivity contribution in [3.8, 4) is 6.01 Å². The van der Waals surface area contributed by atoms with Crippen LogP contribution >= 0.6 is 0 Å². The fourth-order valence-electron chi connectivity index (χ4n) is 0.586. The lowest BCUT2D eigenvalue weighted by Crippen LogP contribution is -2.06. The van der Waals surface area contributed by atoms with Crippen molar-refractivity contribution >= 4 is 11.9 Å². The van der Waals surface area contributed by atoms with Gasteiger partial charge in [-0.25, -0.2) is 0 Å². The Morgan fingerprint density at radius 1 is 1.25 bits per heavy atom. The number of hydrogen-bond donors (Lipinski definition) is 2. The molecule has 1 aromatic rings. The van der Waals surface area contributed by atoms with E-state index in [2.05, 4.69) is 21.5 Å². The topological polar surface area (TPSA) is 99.9 Å². The zero-order valence-electron chi connectivity index (χ0n) is 6.40. The Hall–Kier alpha value is -1.85. The molecule has 12 heavy (non-hydrogen) atoms. The van der Waals surface area contributed by atoms with Crippen molar-refractivity contribution in [1.82, 2.24) is 15.0 Å². The summed E-state index contributed by atoms with van der Waals surface area (Å²) < 4.78 is 4.98. The van der Waals surface area contributed by atoms with Gasteiger partial charge in [0.1, 0.15) is 6.61 Å². The first kappa shape index (κ1) is 8.25. The van der Waals surface area contributed by atoms with Crippen LogP contribution in [0.4, 0.5) is 11.9 Å². The quantitative estimate of drug-likeness (QED) is 0.594. The van der Waals surface area contributed by atoms with Gasteiger partial charge < -0.3 is 16.2 Å². The van der Waals surface area contributed by atoms with Gasteiger partial charge in [0.25, 0.3) is 0 Å². The molecule has 1 aromatic heterocycles. The molecule has 0 saturated carbocycles. The number of nitrogens with zero attached hydrogens (tertiary/aromatic N) is 3. The molecular weight excluding hydrogens is 158 g/mol. The van der Waals surface area contributed by atoms with Gasteiger partial charge in [-0.05, 0) is 0 Å². The maximum absolute atomic E-state index is 5.28. The maximum Gasteiger partial charge on any atom is 0.323 e. The summed E-state index contributed by atoms with van der Waals surface area (Å²) in [4.78, 5) is 10.9. The molecule has 4 N–H and O–H groups in total. The standard InChI is InChI=1S/C6H9N5O/c1-2-3-12-6-10-4(7)9-5(8)11-6/h2H,1,3H2,(H4,7,8,9,10,11). The van der Waals surface area contributed by atoms with E-state index in [-0.39, 0.29) is 17.9 Å². The second-order valence-electron chi connectivity index (χ2n) is 1.93. The van der Waals surface area contributed by atoms with Crippen molar-refractivity contribution < 1.29 is 4.74 Å². The lowest BCUT2D eigenvalue weighted by Gasteiger charge is -2.01. The highest BCUT2D eigenvalue weighted by Gasteiger charge is 2.00. The second-order valence-corrected chi connectivity index (χ2v) is 1.93. The molecule has 1 heterocycles. The number of hydrogen-bond acceptors (Lipinski definition) is 6. The van der Waals surface area contributed by atoms with Gasteiger partial charge in [0.15, 0.2) is 0 Å². The summed E-state index contributed by atoms with van der Waals surface area (Å²) in [6.07, 6.45) is 1.57. The van der Waals surface area contributed by atoms with Gasteiger partial charge >= 0.3 is 6.01 Å². The zero-order valence-corrected chi connectivity index (χ0v) is 6.40. The largest absolute Gasteiger partial charge is 0.459 e. The first-order chi connectivity index (χ1) is 5.72. The molecule has 0 aromatic carbocycles. The van der Waals surface area contributed by atoms with Crippen molar-refractivity contribution in [3.63, 3.8) is 0 Å². The van der Waals surface area contributed by atoms with Crippen LogP contribution < -0.4 is 16.2 Å². The number of nitrogen functional groups attached to an aromatic ring is 2. The molecule has 6 nitrogen and oxygen atoms in total. The summed E-state index contributed by atoms with van der Waals surface area (Å²) in [5.74, 6) is 0.0862. The van der Waals surface area contributed by atoms with Crippen molar-refractivity contribution in [3.05, 3.63) is 12.7 Å². The lowest BCUT2D eigenvalue weighted by molar-refractivity contribution is 0.333. The fourth-order valence-corrected chi connectivity index (χ4v) is 0.586. The van der Waals surface area contributed by atoms with Crippen LogP contribution in [-0.2, 0) is 0 Å². The average Bonchev–Trinajstić information content (AvgIpc) is 1.99. The third-order valence-electron chi connectivity index (χ3n) is 0.980. The minimum atomic E-state index is 0.0431. The van der Waals surface area contributed by atoms with Crippen molar-refractivity contribution in [2.24, 2.45) is 0 Å². The van der Waals surface area contributed by atoms with E-state index in [4.69, 9.17) is 16.2 Å². The summed E-state index contributed by atoms with van der Waals surface area (Å²) in [6, 6.07) is 0.111. The summed E-state index contributed by atoms with van der Waals surface area (Å²) in [5.41, 5.74) is 10.6. The Labute approximate surface area is 69.3 Å². The smallest absolute Gasteiger partial charge is 0.323 e. The highest BCUT2D eigenvalue weighted by molar-refractivity contribution is 5.27. The highest BCUT2D eigenvalue weighted by Crippen LogP contribution is 2.05. The molecule has 0 radical (unpaired) electrons. The summed E-state index contributed by atoms with van der Waals surface area (Å²) in [7, 11) is 0. The molecule has 0 aliphatic heterocycles. The molecule has 0 saturated heterocycles. The van der Waals surface area contributed by atoms with Gasteiger partial charge in [0.2, 0.25) is 11.9 Å². The van der Waals surface area contributed by atoms with Gasteiger partial charge in [-0.1, -0.05) is 12.7 Å². The molecule has 6 heteroatoms. The van der Waals surface area contributed by atoms with Gasteiger partial charge in [0, 0.05) is 0 Å². The van der Waals surface area contributed by atoms with E-state index in [1.807, 2.05) is 0 Å². The monoisotopic (exact) mass is 167 g/mol. The molecule has 0 fully saturated rings. The van der Waals surface area contributed by atoms with Crippen molar-refractivity contribution in [2.75, 3.05) is 18.1 Å². The predicted molar refractivity (Wildman–Crippen MR) is 44.3 cm³/mol. The normalized spacial score (nSPS) is 9.33. The molecule has 0 bridgehead atoms. The van der Waals surface area contributed by atoms with Gasteiger partial charge in [-0.2, -0.15) is 15.0 Å². The van der Waals surface area contributed by atoms with Crippen LogP contribution in [0.15, 0.2) is 12.7 Å². The Morgan fingerprint density at radius 2 is 1.83 bits per heavy atom. The number of anilines is 2. The van der Waals surface area contributed by atoms with Crippen LogP contribution in [0.25, 0.3) is 0 Å². The Balaban J connectivity index is 2.78. The first-order valence-corrected chi connectivity index (χ1v) is 3.23. The zero-order chi connectivity index (χ0) is 8.97. The maximum atomic E-state index is 5.28. The van der Waals surface area contributed by atoms with E-state index in [1.165, 1.54) is 0 Å². The molecule has 0 spiro atoms. The third kappa shape index (κ3) is 2.08. The summed E-state index contributed by atoms with van der Waals surface area (Å²) in [5, 5.41) is 0. The molecular formula is C6H9N5O. The van der Waals surface area contributed by atoms with Crippen molar-refractivity contribution in [2.45, 2.75) is 0 Å². The Kier molecular flexibility index (Phi) is 2.42. The number of ether oxygens (including phenoxy) is 1. The molecule has 0 aliphatic rings. The van der Waals surface area contributed by atoms with Gasteiger partial charge in [0.05, 0.1) is 0 Å². The van der Waals surface area contributed by atoms with E-state index in [1.54, 1.807) is 6.08 Å². The molecule has 0 unspecified atom stereocenters.